The van der Waals surface area contributed by atoms with Gasteiger partial charge in [-0.15, -0.1) is 0 Å². The second-order valence-corrected chi connectivity index (χ2v) is 14.2. The summed E-state index contributed by atoms with van der Waals surface area (Å²) in [6.45, 7) is 9.51. The van der Waals surface area contributed by atoms with Gasteiger partial charge in [-0.05, 0) is 86.2 Å². The molecule has 0 fully saturated rings. The molecule has 2 aromatic heterocycles. The number of rotatable bonds is 8. The van der Waals surface area contributed by atoms with E-state index >= 15 is 0 Å². The lowest BCUT2D eigenvalue weighted by Crippen LogP contribution is -2.36. The van der Waals surface area contributed by atoms with Gasteiger partial charge in [0.25, 0.3) is 15.9 Å². The molecule has 0 N–H and O–H groups in total. The number of aromatic nitrogens is 3. The lowest BCUT2D eigenvalue weighted by molar-refractivity contribution is 0.0985. The fourth-order valence-corrected chi connectivity index (χ4v) is 8.29. The number of hydrogen-bond donors (Lipinski definition) is 0. The van der Waals surface area contributed by atoms with E-state index in [1.807, 2.05) is 61.0 Å². The summed E-state index contributed by atoms with van der Waals surface area (Å²) in [5.74, 6) is 0.0535. The van der Waals surface area contributed by atoms with Crippen molar-refractivity contribution in [2.45, 2.75) is 57.9 Å². The number of para-hydroxylation sites is 2. The van der Waals surface area contributed by atoms with Gasteiger partial charge in [-0.1, -0.05) is 55.5 Å². The number of sulfonamides is 1. The molecular formula is C33H35N5O3S2. The number of anilines is 2. The van der Waals surface area contributed by atoms with E-state index in [2.05, 4.69) is 25.0 Å². The minimum absolute atomic E-state index is 0.163. The Bertz CT molecular complexity index is 1910. The van der Waals surface area contributed by atoms with Gasteiger partial charge in [0, 0.05) is 24.3 Å². The Morgan fingerprint density at radius 1 is 1.02 bits per heavy atom. The van der Waals surface area contributed by atoms with Crippen LogP contribution in [0.3, 0.4) is 0 Å². The van der Waals surface area contributed by atoms with Crippen molar-refractivity contribution in [1.82, 2.24) is 14.8 Å². The number of fused-ring (bicyclic) bond motifs is 2. The second-order valence-electron chi connectivity index (χ2n) is 11.3. The highest BCUT2D eigenvalue weighted by atomic mass is 32.2. The third-order valence-corrected chi connectivity index (χ3v) is 10.8. The van der Waals surface area contributed by atoms with E-state index in [1.165, 1.54) is 27.8 Å². The first kappa shape index (κ1) is 29.1. The van der Waals surface area contributed by atoms with Crippen molar-refractivity contribution in [2.75, 3.05) is 22.3 Å². The van der Waals surface area contributed by atoms with E-state index in [0.717, 1.165) is 51.3 Å². The number of aryl methyl sites for hydroxylation is 3. The van der Waals surface area contributed by atoms with Crippen molar-refractivity contribution >= 4 is 48.3 Å². The average molecular weight is 614 g/mol. The zero-order chi connectivity index (χ0) is 30.3. The largest absolute Gasteiger partial charge is 0.282 e. The van der Waals surface area contributed by atoms with Gasteiger partial charge in [0.1, 0.15) is 0 Å². The normalized spacial score (nSPS) is 13.5. The van der Waals surface area contributed by atoms with Gasteiger partial charge in [-0.3, -0.25) is 18.7 Å². The van der Waals surface area contributed by atoms with Crippen LogP contribution in [0.4, 0.5) is 10.8 Å². The number of carbonyl (C=O) groups excluding carboxylic acids is 1. The fourth-order valence-electron chi connectivity index (χ4n) is 5.72. The van der Waals surface area contributed by atoms with Crippen LogP contribution in [0.25, 0.3) is 10.2 Å². The maximum Gasteiger partial charge on any atom is 0.264 e. The topological polar surface area (TPSA) is 88.4 Å². The van der Waals surface area contributed by atoms with E-state index in [1.54, 1.807) is 17.0 Å². The minimum atomic E-state index is -3.78. The monoisotopic (exact) mass is 613 g/mol. The Hall–Kier alpha value is -4.02. The molecule has 0 saturated carbocycles. The van der Waals surface area contributed by atoms with Crippen molar-refractivity contribution < 1.29 is 13.2 Å². The number of amides is 1. The molecule has 3 heterocycles. The molecule has 8 nitrogen and oxygen atoms in total. The molecule has 6 rings (SSSR count). The molecule has 10 heteroatoms. The number of thiazole rings is 1. The van der Waals surface area contributed by atoms with Crippen LogP contribution in [0.1, 0.15) is 59.1 Å². The summed E-state index contributed by atoms with van der Waals surface area (Å²) in [6.07, 6.45) is 1.62. The number of carbonyl (C=O) groups is 1. The maximum absolute atomic E-state index is 14.1. The molecule has 222 valence electrons. The van der Waals surface area contributed by atoms with Crippen LogP contribution in [0.5, 0.6) is 0 Å². The van der Waals surface area contributed by atoms with Gasteiger partial charge < -0.3 is 0 Å². The molecular weight excluding hydrogens is 579 g/mol. The lowest BCUT2D eigenvalue weighted by atomic mass is 10.0. The van der Waals surface area contributed by atoms with Crippen molar-refractivity contribution in [2.24, 2.45) is 0 Å². The third-order valence-electron chi connectivity index (χ3n) is 7.93. The third kappa shape index (κ3) is 5.57. The van der Waals surface area contributed by atoms with E-state index < -0.39 is 10.0 Å². The molecule has 0 unspecified atom stereocenters. The summed E-state index contributed by atoms with van der Waals surface area (Å²) in [6, 6.07) is 22.1. The van der Waals surface area contributed by atoms with Crippen molar-refractivity contribution in [3.8, 4) is 0 Å². The first-order chi connectivity index (χ1) is 20.6. The second kappa shape index (κ2) is 11.6. The highest BCUT2D eigenvalue weighted by molar-refractivity contribution is 7.92. The predicted octanol–water partition coefficient (Wildman–Crippen LogP) is 6.72. The summed E-state index contributed by atoms with van der Waals surface area (Å²) in [5.41, 5.74) is 6.13. The summed E-state index contributed by atoms with van der Waals surface area (Å²) >= 11 is 1.49. The van der Waals surface area contributed by atoms with Crippen LogP contribution >= 0.6 is 11.3 Å². The Labute approximate surface area is 256 Å². The maximum atomic E-state index is 14.1. The Balaban J connectivity index is 1.33. The highest BCUT2D eigenvalue weighted by Crippen LogP contribution is 2.35. The van der Waals surface area contributed by atoms with Gasteiger partial charge in [0.2, 0.25) is 0 Å². The smallest absolute Gasteiger partial charge is 0.264 e. The van der Waals surface area contributed by atoms with Gasteiger partial charge in [-0.25, -0.2) is 13.4 Å². The molecule has 5 aromatic rings. The number of benzene rings is 3. The standard InChI is InChI=1S/C33H35N5O3S2/c1-22(2)28-11-7-13-30-31(28)34-33(42-30)36(19-20-37-24(4)21-23(3)35-37)32(39)26-14-16-27(17-15-26)43(40,41)38-18-8-10-25-9-5-6-12-29(25)38/h5-7,9,11-17,21-22H,8,10,18-20H2,1-4H3. The van der Waals surface area contributed by atoms with Crippen LogP contribution in [0.2, 0.25) is 0 Å². The zero-order valence-corrected chi connectivity index (χ0v) is 26.5. The zero-order valence-electron chi connectivity index (χ0n) is 24.8. The summed E-state index contributed by atoms with van der Waals surface area (Å²) in [7, 11) is -3.78. The van der Waals surface area contributed by atoms with Gasteiger partial charge >= 0.3 is 0 Å². The van der Waals surface area contributed by atoms with Crippen molar-refractivity contribution in [3.05, 3.63) is 101 Å². The van der Waals surface area contributed by atoms with Crippen LogP contribution in [0.15, 0.2) is 77.7 Å². The van der Waals surface area contributed by atoms with E-state index in [9.17, 15) is 13.2 Å². The van der Waals surface area contributed by atoms with Crippen LogP contribution in [-0.4, -0.2) is 42.2 Å². The summed E-state index contributed by atoms with van der Waals surface area (Å²) in [4.78, 5) is 20.9. The van der Waals surface area contributed by atoms with Crippen LogP contribution in [-0.2, 0) is 23.0 Å². The van der Waals surface area contributed by atoms with E-state index in [4.69, 9.17) is 4.98 Å². The van der Waals surface area contributed by atoms with Crippen molar-refractivity contribution in [3.63, 3.8) is 0 Å². The number of nitrogens with zero attached hydrogens (tertiary/aromatic N) is 5. The van der Waals surface area contributed by atoms with Gasteiger partial charge in [0.05, 0.1) is 33.0 Å². The Kier molecular flexibility index (Phi) is 7.83. The first-order valence-electron chi connectivity index (χ1n) is 14.6. The molecule has 0 saturated heterocycles. The minimum Gasteiger partial charge on any atom is -0.282 e. The molecule has 43 heavy (non-hydrogen) atoms. The average Bonchev–Trinajstić information content (AvgIpc) is 3.58. The summed E-state index contributed by atoms with van der Waals surface area (Å²) < 4.78 is 31.8. The Morgan fingerprint density at radius 2 is 1.79 bits per heavy atom. The molecule has 0 atom stereocenters. The SMILES string of the molecule is Cc1cc(C)n(CCN(C(=O)c2ccc(S(=O)(=O)N3CCCc4ccccc43)cc2)c2nc3c(C(C)C)cccc3s2)n1. The molecule has 1 aliphatic heterocycles. The molecule has 1 amide bonds. The molecule has 0 radical (unpaired) electrons. The summed E-state index contributed by atoms with van der Waals surface area (Å²) in [5, 5.41) is 5.19. The van der Waals surface area contributed by atoms with Gasteiger partial charge in [0.15, 0.2) is 5.13 Å². The molecule has 1 aliphatic rings. The Morgan fingerprint density at radius 3 is 2.51 bits per heavy atom. The van der Waals surface area contributed by atoms with Crippen LogP contribution < -0.4 is 9.21 Å². The van der Waals surface area contributed by atoms with E-state index in [0.29, 0.717) is 36.2 Å². The lowest BCUT2D eigenvalue weighted by Gasteiger charge is -2.30. The highest BCUT2D eigenvalue weighted by Gasteiger charge is 2.30. The molecule has 0 spiro atoms. The van der Waals surface area contributed by atoms with Crippen LogP contribution in [0, 0.1) is 13.8 Å². The molecule has 0 aliphatic carbocycles. The van der Waals surface area contributed by atoms with Crippen molar-refractivity contribution in [1.29, 1.82) is 0 Å². The predicted molar refractivity (Wildman–Crippen MR) is 173 cm³/mol. The van der Waals surface area contributed by atoms with Gasteiger partial charge in [-0.2, -0.15) is 5.10 Å². The molecule has 0 bridgehead atoms. The fraction of sp³-hybridized carbons (Fsp3) is 0.303. The molecule has 3 aromatic carbocycles. The van der Waals surface area contributed by atoms with E-state index in [-0.39, 0.29) is 10.8 Å². The number of hydrogen-bond acceptors (Lipinski definition) is 6. The quantitative estimate of drug-likeness (QED) is 0.194. The first-order valence-corrected chi connectivity index (χ1v) is 16.8.